The van der Waals surface area contributed by atoms with Gasteiger partial charge in [-0.15, -0.1) is 0 Å². The van der Waals surface area contributed by atoms with Crippen molar-refractivity contribution in [3.8, 4) is 11.5 Å². The average molecular weight is 325 g/mol. The topological polar surface area (TPSA) is 38.8 Å². The van der Waals surface area contributed by atoms with E-state index in [4.69, 9.17) is 9.47 Å². The van der Waals surface area contributed by atoms with Crippen molar-refractivity contribution in [2.75, 3.05) is 19.8 Å². The Bertz CT molecular complexity index is 734. The van der Waals surface area contributed by atoms with Gasteiger partial charge in [0.15, 0.2) is 11.5 Å². The first kappa shape index (κ1) is 16.4. The second kappa shape index (κ2) is 6.95. The van der Waals surface area contributed by atoms with Gasteiger partial charge in [-0.1, -0.05) is 29.3 Å². The molecular formula is C20H23NO3. The number of fused-ring (bicyclic) bond motifs is 1. The zero-order valence-corrected chi connectivity index (χ0v) is 14.5. The Labute approximate surface area is 143 Å². The first-order valence-electron chi connectivity index (χ1n) is 8.33. The molecule has 1 aliphatic heterocycles. The summed E-state index contributed by atoms with van der Waals surface area (Å²) in [5, 5.41) is 0. The van der Waals surface area contributed by atoms with Crippen LogP contribution in [0, 0.1) is 13.8 Å². The monoisotopic (exact) mass is 325 g/mol. The van der Waals surface area contributed by atoms with Crippen molar-refractivity contribution < 1.29 is 14.3 Å². The predicted molar refractivity (Wildman–Crippen MR) is 93.8 cm³/mol. The van der Waals surface area contributed by atoms with Crippen molar-refractivity contribution >= 4 is 5.91 Å². The van der Waals surface area contributed by atoms with Crippen LogP contribution < -0.4 is 9.47 Å². The maximum atomic E-state index is 12.9. The number of amides is 1. The van der Waals surface area contributed by atoms with Crippen LogP contribution in [0.5, 0.6) is 11.5 Å². The first-order chi connectivity index (χ1) is 11.6. The molecule has 0 aliphatic carbocycles. The zero-order chi connectivity index (χ0) is 17.1. The van der Waals surface area contributed by atoms with Crippen LogP contribution in [0.4, 0.5) is 0 Å². The normalized spacial score (nSPS) is 12.8. The molecule has 0 bridgehead atoms. The SMILES string of the molecule is CCN(Cc1cccc2c1OCCO2)C(=O)c1cc(C)cc(C)c1. The fourth-order valence-electron chi connectivity index (χ4n) is 3.07. The van der Waals surface area contributed by atoms with E-state index in [0.717, 1.165) is 33.8 Å². The van der Waals surface area contributed by atoms with E-state index in [1.54, 1.807) is 0 Å². The third-order valence-electron chi connectivity index (χ3n) is 4.15. The number of rotatable bonds is 4. The summed E-state index contributed by atoms with van der Waals surface area (Å²) in [7, 11) is 0. The Morgan fingerprint density at radius 1 is 1.08 bits per heavy atom. The minimum atomic E-state index is 0.0404. The van der Waals surface area contributed by atoms with Crippen molar-refractivity contribution in [3.63, 3.8) is 0 Å². The summed E-state index contributed by atoms with van der Waals surface area (Å²) in [4.78, 5) is 14.7. The highest BCUT2D eigenvalue weighted by Gasteiger charge is 2.20. The molecule has 0 fully saturated rings. The Morgan fingerprint density at radius 3 is 2.50 bits per heavy atom. The van der Waals surface area contributed by atoms with E-state index in [1.807, 2.05) is 56.0 Å². The molecule has 0 unspecified atom stereocenters. The maximum Gasteiger partial charge on any atom is 0.254 e. The molecule has 2 aromatic carbocycles. The van der Waals surface area contributed by atoms with Crippen LogP contribution in [0.15, 0.2) is 36.4 Å². The van der Waals surface area contributed by atoms with Gasteiger partial charge >= 0.3 is 0 Å². The van der Waals surface area contributed by atoms with E-state index in [9.17, 15) is 4.79 Å². The Morgan fingerprint density at radius 2 is 1.79 bits per heavy atom. The van der Waals surface area contributed by atoms with Crippen molar-refractivity contribution in [2.45, 2.75) is 27.3 Å². The van der Waals surface area contributed by atoms with E-state index in [0.29, 0.717) is 26.3 Å². The molecule has 126 valence electrons. The largest absolute Gasteiger partial charge is 0.486 e. The van der Waals surface area contributed by atoms with E-state index in [2.05, 4.69) is 6.07 Å². The zero-order valence-electron chi connectivity index (χ0n) is 14.5. The number of aryl methyl sites for hydroxylation is 2. The van der Waals surface area contributed by atoms with Crippen LogP contribution in [0.3, 0.4) is 0 Å². The van der Waals surface area contributed by atoms with Gasteiger partial charge in [0.1, 0.15) is 13.2 Å². The van der Waals surface area contributed by atoms with E-state index >= 15 is 0 Å². The predicted octanol–water partition coefficient (Wildman–Crippen LogP) is 3.74. The number of ether oxygens (including phenoxy) is 2. The lowest BCUT2D eigenvalue weighted by atomic mass is 10.1. The van der Waals surface area contributed by atoms with E-state index in [1.165, 1.54) is 0 Å². The lowest BCUT2D eigenvalue weighted by Gasteiger charge is -2.25. The van der Waals surface area contributed by atoms with Crippen LogP contribution >= 0.6 is 0 Å². The fourth-order valence-corrected chi connectivity index (χ4v) is 3.07. The lowest BCUT2D eigenvalue weighted by Crippen LogP contribution is -2.31. The molecule has 4 nitrogen and oxygen atoms in total. The minimum Gasteiger partial charge on any atom is -0.486 e. The quantitative estimate of drug-likeness (QED) is 0.859. The molecule has 1 aliphatic rings. The summed E-state index contributed by atoms with van der Waals surface area (Å²) >= 11 is 0. The van der Waals surface area contributed by atoms with Crippen molar-refractivity contribution in [1.29, 1.82) is 0 Å². The maximum absolute atomic E-state index is 12.9. The number of nitrogens with zero attached hydrogens (tertiary/aromatic N) is 1. The standard InChI is InChI=1S/C20H23NO3/c1-4-21(20(22)17-11-14(2)10-15(3)12-17)13-16-6-5-7-18-19(16)24-9-8-23-18/h5-7,10-12H,4,8-9,13H2,1-3H3. The fraction of sp³-hybridized carbons (Fsp3) is 0.350. The van der Waals surface area contributed by atoms with Gasteiger partial charge in [0.25, 0.3) is 5.91 Å². The van der Waals surface area contributed by atoms with Crippen molar-refractivity contribution in [2.24, 2.45) is 0 Å². The Balaban J connectivity index is 1.86. The summed E-state index contributed by atoms with van der Waals surface area (Å²) in [5.74, 6) is 1.56. The smallest absolute Gasteiger partial charge is 0.254 e. The summed E-state index contributed by atoms with van der Waals surface area (Å²) in [5.41, 5.74) is 3.91. The van der Waals surface area contributed by atoms with Gasteiger partial charge in [-0.2, -0.15) is 0 Å². The second-order valence-corrected chi connectivity index (χ2v) is 6.14. The van der Waals surface area contributed by atoms with Gasteiger partial charge in [0.2, 0.25) is 0 Å². The molecule has 0 saturated heterocycles. The highest BCUT2D eigenvalue weighted by molar-refractivity contribution is 5.94. The highest BCUT2D eigenvalue weighted by atomic mass is 16.6. The second-order valence-electron chi connectivity index (χ2n) is 6.14. The summed E-state index contributed by atoms with van der Waals surface area (Å²) in [6.07, 6.45) is 0. The number of carbonyl (C=O) groups excluding carboxylic acids is 1. The van der Waals surface area contributed by atoms with E-state index in [-0.39, 0.29) is 5.91 Å². The van der Waals surface area contributed by atoms with Crippen molar-refractivity contribution in [1.82, 2.24) is 4.90 Å². The molecule has 1 heterocycles. The number of hydrogen-bond donors (Lipinski definition) is 0. The summed E-state index contributed by atoms with van der Waals surface area (Å²) in [6, 6.07) is 11.8. The Kier molecular flexibility index (Phi) is 4.74. The number of hydrogen-bond acceptors (Lipinski definition) is 3. The van der Waals surface area contributed by atoms with Crippen molar-refractivity contribution in [3.05, 3.63) is 58.7 Å². The number of para-hydroxylation sites is 1. The highest BCUT2D eigenvalue weighted by Crippen LogP contribution is 2.34. The molecule has 0 aromatic heterocycles. The Hall–Kier alpha value is -2.49. The molecule has 3 rings (SSSR count). The number of benzene rings is 2. The van der Waals surface area contributed by atoms with Crippen LogP contribution in [0.25, 0.3) is 0 Å². The molecule has 0 N–H and O–H groups in total. The lowest BCUT2D eigenvalue weighted by molar-refractivity contribution is 0.0749. The molecule has 0 radical (unpaired) electrons. The summed E-state index contributed by atoms with van der Waals surface area (Å²) < 4.78 is 11.4. The first-order valence-corrected chi connectivity index (χ1v) is 8.33. The van der Waals surface area contributed by atoms with Gasteiger partial charge in [0.05, 0.1) is 0 Å². The van der Waals surface area contributed by atoms with Crippen LogP contribution in [0.1, 0.15) is 34.0 Å². The van der Waals surface area contributed by atoms with Crippen LogP contribution in [-0.4, -0.2) is 30.6 Å². The van der Waals surface area contributed by atoms with Gasteiger partial charge in [-0.25, -0.2) is 0 Å². The molecule has 0 atom stereocenters. The molecular weight excluding hydrogens is 302 g/mol. The molecule has 0 saturated carbocycles. The van der Waals surface area contributed by atoms with Crippen LogP contribution in [0.2, 0.25) is 0 Å². The molecule has 2 aromatic rings. The minimum absolute atomic E-state index is 0.0404. The van der Waals surface area contributed by atoms with E-state index < -0.39 is 0 Å². The number of carbonyl (C=O) groups is 1. The molecule has 0 spiro atoms. The molecule has 1 amide bonds. The molecule has 4 heteroatoms. The summed E-state index contributed by atoms with van der Waals surface area (Å²) in [6.45, 7) is 8.27. The third kappa shape index (κ3) is 3.37. The molecule has 24 heavy (non-hydrogen) atoms. The van der Waals surface area contributed by atoms with Gasteiger partial charge in [-0.05, 0) is 39.0 Å². The van der Waals surface area contributed by atoms with Crippen LogP contribution in [-0.2, 0) is 6.54 Å². The van der Waals surface area contributed by atoms with Gasteiger partial charge in [0, 0.05) is 24.2 Å². The third-order valence-corrected chi connectivity index (χ3v) is 4.15. The van der Waals surface area contributed by atoms with Gasteiger partial charge in [-0.3, -0.25) is 4.79 Å². The average Bonchev–Trinajstić information content (AvgIpc) is 2.58. The van der Waals surface area contributed by atoms with Gasteiger partial charge < -0.3 is 14.4 Å².